The minimum absolute atomic E-state index is 0.0809. The second kappa shape index (κ2) is 5.80. The van der Waals surface area contributed by atoms with E-state index in [0.29, 0.717) is 17.6 Å². The first-order chi connectivity index (χ1) is 8.61. The van der Waals surface area contributed by atoms with Crippen molar-refractivity contribution in [1.29, 1.82) is 0 Å². The van der Waals surface area contributed by atoms with Crippen molar-refractivity contribution < 1.29 is 9.18 Å². The molecule has 1 aliphatic heterocycles. The van der Waals surface area contributed by atoms with E-state index in [1.165, 1.54) is 6.07 Å². The number of rotatable bonds is 3. The van der Waals surface area contributed by atoms with E-state index >= 15 is 0 Å². The van der Waals surface area contributed by atoms with Crippen LogP contribution in [0.1, 0.15) is 18.9 Å². The molecule has 0 bridgehead atoms. The van der Waals surface area contributed by atoms with Crippen LogP contribution in [0.2, 0.25) is 0 Å². The largest absolute Gasteiger partial charge is 0.353 e. The summed E-state index contributed by atoms with van der Waals surface area (Å²) in [5.74, 6) is -0.174. The molecule has 1 heterocycles. The smallest absolute Gasteiger partial charge is 0.237 e. The minimum atomic E-state index is -0.262. The molecule has 1 aromatic rings. The molecule has 1 N–H and O–H groups in total. The van der Waals surface area contributed by atoms with Gasteiger partial charge in [0, 0.05) is 19.6 Å². The maximum absolute atomic E-state index is 13.2. The maximum atomic E-state index is 13.2. The van der Waals surface area contributed by atoms with Gasteiger partial charge in [-0.1, -0.05) is 13.0 Å². The summed E-state index contributed by atoms with van der Waals surface area (Å²) < 4.78 is 13.6. The van der Waals surface area contributed by atoms with Crippen molar-refractivity contribution in [2.24, 2.45) is 0 Å². The van der Waals surface area contributed by atoms with E-state index in [2.05, 4.69) is 26.1 Å². The van der Waals surface area contributed by atoms with Crippen molar-refractivity contribution in [1.82, 2.24) is 10.2 Å². The Labute approximate surface area is 114 Å². The highest BCUT2D eigenvalue weighted by molar-refractivity contribution is 9.10. The van der Waals surface area contributed by atoms with Crippen molar-refractivity contribution >= 4 is 21.8 Å². The van der Waals surface area contributed by atoms with Gasteiger partial charge in [-0.15, -0.1) is 0 Å². The molecule has 1 fully saturated rings. The monoisotopic (exact) mass is 314 g/mol. The van der Waals surface area contributed by atoms with Gasteiger partial charge in [0.25, 0.3) is 0 Å². The third-order valence-corrected chi connectivity index (χ3v) is 3.81. The lowest BCUT2D eigenvalue weighted by Crippen LogP contribution is -2.54. The van der Waals surface area contributed by atoms with Gasteiger partial charge in [-0.2, -0.15) is 0 Å². The van der Waals surface area contributed by atoms with Crippen LogP contribution >= 0.6 is 15.9 Å². The number of amides is 1. The molecular formula is C13H16BrFN2O. The molecule has 5 heteroatoms. The number of nitrogens with one attached hydrogen (secondary N) is 1. The van der Waals surface area contributed by atoms with Crippen LogP contribution in [0.5, 0.6) is 0 Å². The zero-order chi connectivity index (χ0) is 13.1. The zero-order valence-corrected chi connectivity index (χ0v) is 11.8. The van der Waals surface area contributed by atoms with Gasteiger partial charge < -0.3 is 5.32 Å². The SMILES string of the molecule is CCC1C(=O)NCCN1Cc1ccc(F)c(Br)c1. The highest BCUT2D eigenvalue weighted by atomic mass is 79.9. The van der Waals surface area contributed by atoms with Crippen LogP contribution in [0, 0.1) is 5.82 Å². The van der Waals surface area contributed by atoms with Crippen LogP contribution in [0.25, 0.3) is 0 Å². The third kappa shape index (κ3) is 2.90. The van der Waals surface area contributed by atoms with E-state index in [4.69, 9.17) is 0 Å². The Bertz CT molecular complexity index is 453. The lowest BCUT2D eigenvalue weighted by molar-refractivity contribution is -0.129. The Kier molecular flexibility index (Phi) is 4.35. The molecular weight excluding hydrogens is 299 g/mol. The summed E-state index contributed by atoms with van der Waals surface area (Å²) in [5, 5.41) is 2.87. The molecule has 18 heavy (non-hydrogen) atoms. The fourth-order valence-electron chi connectivity index (χ4n) is 2.27. The van der Waals surface area contributed by atoms with E-state index in [0.717, 1.165) is 18.5 Å². The first kappa shape index (κ1) is 13.5. The minimum Gasteiger partial charge on any atom is -0.353 e. The number of piperazine rings is 1. The molecule has 0 radical (unpaired) electrons. The highest BCUT2D eigenvalue weighted by Gasteiger charge is 2.27. The fraction of sp³-hybridized carbons (Fsp3) is 0.462. The standard InChI is InChI=1S/C13H16BrFN2O/c1-2-12-13(18)16-5-6-17(12)8-9-3-4-11(15)10(14)7-9/h3-4,7,12H,2,5-6,8H2,1H3,(H,16,18). The van der Waals surface area contributed by atoms with E-state index in [-0.39, 0.29) is 17.8 Å². The topological polar surface area (TPSA) is 32.3 Å². The van der Waals surface area contributed by atoms with Crippen LogP contribution < -0.4 is 5.32 Å². The Morgan fingerprint density at radius 3 is 3.00 bits per heavy atom. The molecule has 0 spiro atoms. The molecule has 0 aliphatic carbocycles. The number of benzene rings is 1. The number of hydrogen-bond acceptors (Lipinski definition) is 2. The number of hydrogen-bond donors (Lipinski definition) is 1. The highest BCUT2D eigenvalue weighted by Crippen LogP contribution is 2.19. The van der Waals surface area contributed by atoms with E-state index in [1.54, 1.807) is 12.1 Å². The molecule has 1 atom stereocenters. The summed E-state index contributed by atoms with van der Waals surface area (Å²) in [5.41, 5.74) is 1.01. The van der Waals surface area contributed by atoms with E-state index < -0.39 is 0 Å². The molecule has 1 unspecified atom stereocenters. The second-order valence-electron chi connectivity index (χ2n) is 4.43. The summed E-state index contributed by atoms with van der Waals surface area (Å²) in [6.45, 7) is 4.19. The Morgan fingerprint density at radius 1 is 1.56 bits per heavy atom. The van der Waals surface area contributed by atoms with Gasteiger partial charge in [-0.3, -0.25) is 9.69 Å². The third-order valence-electron chi connectivity index (χ3n) is 3.20. The van der Waals surface area contributed by atoms with Gasteiger partial charge in [-0.05, 0) is 40.0 Å². The van der Waals surface area contributed by atoms with Crippen molar-refractivity contribution in [2.45, 2.75) is 25.9 Å². The normalized spacial score (nSPS) is 20.8. The summed E-state index contributed by atoms with van der Waals surface area (Å²) in [6, 6.07) is 4.90. The summed E-state index contributed by atoms with van der Waals surface area (Å²) in [6.07, 6.45) is 0.786. The van der Waals surface area contributed by atoms with Crippen LogP contribution in [0.3, 0.4) is 0 Å². The maximum Gasteiger partial charge on any atom is 0.237 e. The van der Waals surface area contributed by atoms with Crippen LogP contribution in [0.15, 0.2) is 22.7 Å². The lowest BCUT2D eigenvalue weighted by atomic mass is 10.1. The van der Waals surface area contributed by atoms with Crippen molar-refractivity contribution in [3.63, 3.8) is 0 Å². The molecule has 1 amide bonds. The Balaban J connectivity index is 2.11. The molecule has 3 nitrogen and oxygen atoms in total. The number of carbonyl (C=O) groups is 1. The predicted octanol–water partition coefficient (Wildman–Crippen LogP) is 2.30. The van der Waals surface area contributed by atoms with Crippen LogP contribution in [-0.4, -0.2) is 29.9 Å². The molecule has 1 saturated heterocycles. The van der Waals surface area contributed by atoms with Gasteiger partial charge in [0.2, 0.25) is 5.91 Å². The van der Waals surface area contributed by atoms with Crippen LogP contribution in [-0.2, 0) is 11.3 Å². The quantitative estimate of drug-likeness (QED) is 0.928. The Hall–Kier alpha value is -0.940. The number of carbonyl (C=O) groups excluding carboxylic acids is 1. The second-order valence-corrected chi connectivity index (χ2v) is 5.29. The van der Waals surface area contributed by atoms with Gasteiger partial charge in [0.15, 0.2) is 0 Å². The number of nitrogens with zero attached hydrogens (tertiary/aromatic N) is 1. The zero-order valence-electron chi connectivity index (χ0n) is 10.2. The molecule has 0 aromatic heterocycles. The lowest BCUT2D eigenvalue weighted by Gasteiger charge is -2.34. The van der Waals surface area contributed by atoms with Crippen molar-refractivity contribution in [2.75, 3.05) is 13.1 Å². The summed E-state index contributed by atoms with van der Waals surface area (Å²) in [4.78, 5) is 13.9. The van der Waals surface area contributed by atoms with Crippen LogP contribution in [0.4, 0.5) is 4.39 Å². The fourth-order valence-corrected chi connectivity index (χ4v) is 2.69. The average molecular weight is 315 g/mol. The van der Waals surface area contributed by atoms with E-state index in [1.807, 2.05) is 6.92 Å². The molecule has 0 saturated carbocycles. The van der Waals surface area contributed by atoms with Crippen molar-refractivity contribution in [3.8, 4) is 0 Å². The van der Waals surface area contributed by atoms with Gasteiger partial charge in [-0.25, -0.2) is 4.39 Å². The molecule has 98 valence electrons. The summed E-state index contributed by atoms with van der Waals surface area (Å²) >= 11 is 3.18. The first-order valence-electron chi connectivity index (χ1n) is 6.07. The molecule has 1 aliphatic rings. The predicted molar refractivity (Wildman–Crippen MR) is 71.6 cm³/mol. The van der Waals surface area contributed by atoms with Gasteiger partial charge in [0.1, 0.15) is 5.82 Å². The van der Waals surface area contributed by atoms with Gasteiger partial charge >= 0.3 is 0 Å². The Morgan fingerprint density at radius 2 is 2.33 bits per heavy atom. The van der Waals surface area contributed by atoms with E-state index in [9.17, 15) is 9.18 Å². The molecule has 2 rings (SSSR count). The number of halogens is 2. The van der Waals surface area contributed by atoms with Gasteiger partial charge in [0.05, 0.1) is 10.5 Å². The molecule has 1 aromatic carbocycles. The average Bonchev–Trinajstić information content (AvgIpc) is 2.34. The first-order valence-corrected chi connectivity index (χ1v) is 6.86. The van der Waals surface area contributed by atoms with Crippen molar-refractivity contribution in [3.05, 3.63) is 34.1 Å². The summed E-state index contributed by atoms with van der Waals surface area (Å²) in [7, 11) is 0.